The number of nitrogens with zero attached hydrogens (tertiary/aromatic N) is 2. The van der Waals surface area contributed by atoms with Crippen molar-refractivity contribution in [2.75, 3.05) is 27.2 Å². The maximum Gasteiger partial charge on any atom is 0.259 e. The van der Waals surface area contributed by atoms with Crippen LogP contribution in [0.15, 0.2) is 0 Å². The van der Waals surface area contributed by atoms with Gasteiger partial charge in [0.15, 0.2) is 46.5 Å². The van der Waals surface area contributed by atoms with E-state index in [4.69, 9.17) is 0 Å². The summed E-state index contributed by atoms with van der Waals surface area (Å²) in [5.74, 6) is -27.5. The van der Waals surface area contributed by atoms with Crippen molar-refractivity contribution in [1.29, 1.82) is 0 Å². The summed E-state index contributed by atoms with van der Waals surface area (Å²) in [4.78, 5) is 25.0. The van der Waals surface area contributed by atoms with Gasteiger partial charge in [0, 0.05) is 27.2 Å². The zero-order valence-corrected chi connectivity index (χ0v) is 15.9. The van der Waals surface area contributed by atoms with Crippen LogP contribution in [-0.4, -0.2) is 48.8 Å². The van der Waals surface area contributed by atoms with E-state index in [9.17, 15) is 53.5 Å². The molecule has 2 aromatic carbocycles. The van der Waals surface area contributed by atoms with Crippen molar-refractivity contribution in [3.05, 3.63) is 69.3 Å². The summed E-state index contributed by atoms with van der Waals surface area (Å²) in [5, 5.41) is 0. The lowest BCUT2D eigenvalue weighted by molar-refractivity contribution is 0.0704. The van der Waals surface area contributed by atoms with Crippen LogP contribution in [0.1, 0.15) is 20.7 Å². The Morgan fingerprint density at radius 3 is 0.875 bits per heavy atom. The molecule has 0 spiro atoms. The van der Waals surface area contributed by atoms with Gasteiger partial charge in [0.05, 0.1) is 0 Å². The largest absolute Gasteiger partial charge is 0.340 e. The normalized spacial score (nSPS) is 11.0. The summed E-state index contributed by atoms with van der Waals surface area (Å²) in [6.07, 6.45) is 0. The summed E-state index contributed by atoms with van der Waals surface area (Å²) in [6, 6.07) is 0. The molecule has 0 atom stereocenters. The Bertz CT molecular complexity index is 976. The molecule has 0 heterocycles. The smallest absolute Gasteiger partial charge is 0.259 e. The zero-order chi connectivity index (χ0) is 24.7. The molecule has 0 aliphatic carbocycles. The summed E-state index contributed by atoms with van der Waals surface area (Å²) in [6.45, 7) is -1.40. The minimum atomic E-state index is -2.49. The lowest BCUT2D eigenvalue weighted by atomic mass is 10.1. The molecule has 14 heteroatoms. The van der Waals surface area contributed by atoms with Gasteiger partial charge in [-0.3, -0.25) is 9.59 Å². The Morgan fingerprint density at radius 1 is 0.469 bits per heavy atom. The predicted octanol–water partition coefficient (Wildman–Crippen LogP) is 3.92. The lowest BCUT2D eigenvalue weighted by Crippen LogP contribution is -2.39. The number of hydrogen-bond donors (Lipinski definition) is 0. The molecule has 0 aliphatic heterocycles. The third-order valence-corrected chi connectivity index (χ3v) is 4.31. The van der Waals surface area contributed by atoms with Gasteiger partial charge in [-0.15, -0.1) is 0 Å². The van der Waals surface area contributed by atoms with Crippen LogP contribution >= 0.6 is 0 Å². The van der Waals surface area contributed by atoms with Crippen LogP contribution in [0.5, 0.6) is 0 Å². The fraction of sp³-hybridized carbons (Fsp3) is 0.222. The second-order valence-corrected chi connectivity index (χ2v) is 6.34. The molecule has 0 bridgehead atoms. The molecule has 0 saturated carbocycles. The van der Waals surface area contributed by atoms with Gasteiger partial charge in [0.2, 0.25) is 11.6 Å². The Labute approximate surface area is 172 Å². The van der Waals surface area contributed by atoms with Crippen molar-refractivity contribution in [3.63, 3.8) is 0 Å². The minimum Gasteiger partial charge on any atom is -0.340 e. The maximum absolute atomic E-state index is 13.7. The number of halogens is 10. The first kappa shape index (κ1) is 24.9. The zero-order valence-electron chi connectivity index (χ0n) is 15.9. The Kier molecular flexibility index (Phi) is 7.05. The van der Waals surface area contributed by atoms with Gasteiger partial charge in [-0.1, -0.05) is 0 Å². The monoisotopic (exact) mass is 476 g/mol. The van der Waals surface area contributed by atoms with Crippen LogP contribution in [0.3, 0.4) is 0 Å². The number of benzene rings is 2. The lowest BCUT2D eigenvalue weighted by Gasteiger charge is -2.23. The van der Waals surface area contributed by atoms with Crippen molar-refractivity contribution in [3.8, 4) is 0 Å². The molecule has 32 heavy (non-hydrogen) atoms. The van der Waals surface area contributed by atoms with E-state index >= 15 is 0 Å². The number of hydrogen-bond acceptors (Lipinski definition) is 2. The summed E-state index contributed by atoms with van der Waals surface area (Å²) < 4.78 is 134. The van der Waals surface area contributed by atoms with Gasteiger partial charge in [-0.2, -0.15) is 0 Å². The molecule has 0 saturated heterocycles. The third-order valence-electron chi connectivity index (χ3n) is 4.31. The van der Waals surface area contributed by atoms with Crippen LogP contribution in [-0.2, 0) is 0 Å². The van der Waals surface area contributed by atoms with Crippen molar-refractivity contribution in [2.24, 2.45) is 0 Å². The van der Waals surface area contributed by atoms with E-state index in [1.54, 1.807) is 0 Å². The van der Waals surface area contributed by atoms with Crippen molar-refractivity contribution >= 4 is 11.8 Å². The van der Waals surface area contributed by atoms with E-state index in [0.29, 0.717) is 9.80 Å². The van der Waals surface area contributed by atoms with E-state index in [1.165, 1.54) is 0 Å². The number of amides is 2. The fourth-order valence-electron chi connectivity index (χ4n) is 2.47. The summed E-state index contributed by atoms with van der Waals surface area (Å²) >= 11 is 0. The highest BCUT2D eigenvalue weighted by molar-refractivity contribution is 5.95. The Balaban J connectivity index is 2.24. The van der Waals surface area contributed by atoms with E-state index in [-0.39, 0.29) is 0 Å². The fourth-order valence-corrected chi connectivity index (χ4v) is 2.47. The number of rotatable bonds is 5. The highest BCUT2D eigenvalue weighted by atomic mass is 19.2. The van der Waals surface area contributed by atoms with E-state index < -0.39 is 94.2 Å². The number of carbonyl (C=O) groups is 2. The molecular formula is C18H10F10N2O2. The average molecular weight is 476 g/mol. The van der Waals surface area contributed by atoms with Gasteiger partial charge < -0.3 is 9.80 Å². The van der Waals surface area contributed by atoms with Crippen LogP contribution in [0.4, 0.5) is 43.9 Å². The first-order valence-electron chi connectivity index (χ1n) is 8.27. The molecule has 4 nitrogen and oxygen atoms in total. The molecule has 0 radical (unpaired) electrons. The topological polar surface area (TPSA) is 40.6 Å². The maximum atomic E-state index is 13.7. The van der Waals surface area contributed by atoms with Gasteiger partial charge in [0.25, 0.3) is 11.8 Å². The van der Waals surface area contributed by atoms with Crippen LogP contribution in [0, 0.1) is 58.2 Å². The number of likely N-dealkylation sites (N-methyl/N-ethyl adjacent to an activating group) is 2. The van der Waals surface area contributed by atoms with Gasteiger partial charge >= 0.3 is 0 Å². The summed E-state index contributed by atoms with van der Waals surface area (Å²) in [7, 11) is 1.66. The van der Waals surface area contributed by atoms with Crippen molar-refractivity contribution < 1.29 is 53.5 Å². The average Bonchev–Trinajstić information content (AvgIpc) is 2.76. The second kappa shape index (κ2) is 9.04. The SMILES string of the molecule is CN(CCN(C)C(=O)c1c(F)c(F)c(F)c(F)c1F)C(=O)c1c(F)c(F)c(F)c(F)c1F. The molecule has 0 unspecified atom stereocenters. The van der Waals surface area contributed by atoms with E-state index in [1.807, 2.05) is 0 Å². The number of carbonyl (C=O) groups excluding carboxylic acids is 2. The predicted molar refractivity (Wildman–Crippen MR) is 86.4 cm³/mol. The molecule has 0 fully saturated rings. The van der Waals surface area contributed by atoms with Crippen LogP contribution < -0.4 is 0 Å². The summed E-state index contributed by atoms with van der Waals surface area (Å²) in [5.41, 5.74) is -3.59. The molecule has 0 aromatic heterocycles. The molecule has 0 aliphatic rings. The molecule has 174 valence electrons. The molecule has 2 aromatic rings. The quantitative estimate of drug-likeness (QED) is 0.373. The minimum absolute atomic E-state index is 0.403. The molecular weight excluding hydrogens is 466 g/mol. The third kappa shape index (κ3) is 4.08. The standard InChI is InChI=1S/C18H10F10N2O2/c1-29(17(31)5-7(19)11(23)15(27)12(24)8(5)20)3-4-30(2)18(32)6-9(21)13(25)16(28)14(26)10(6)22/h3-4H2,1-2H3. The second-order valence-electron chi connectivity index (χ2n) is 6.34. The van der Waals surface area contributed by atoms with Gasteiger partial charge in [-0.05, 0) is 0 Å². The Morgan fingerprint density at radius 2 is 0.656 bits per heavy atom. The molecule has 2 rings (SSSR count). The molecule has 2 amide bonds. The van der Waals surface area contributed by atoms with Gasteiger partial charge in [-0.25, -0.2) is 43.9 Å². The highest BCUT2D eigenvalue weighted by Crippen LogP contribution is 2.25. The highest BCUT2D eigenvalue weighted by Gasteiger charge is 2.33. The van der Waals surface area contributed by atoms with E-state index in [0.717, 1.165) is 14.1 Å². The Hall–Kier alpha value is -3.32. The van der Waals surface area contributed by atoms with Crippen molar-refractivity contribution in [2.45, 2.75) is 0 Å². The van der Waals surface area contributed by atoms with E-state index in [2.05, 4.69) is 0 Å². The van der Waals surface area contributed by atoms with Crippen LogP contribution in [0.2, 0.25) is 0 Å². The molecule has 0 N–H and O–H groups in total. The first-order chi connectivity index (χ1) is 14.7. The van der Waals surface area contributed by atoms with Crippen molar-refractivity contribution in [1.82, 2.24) is 9.80 Å². The van der Waals surface area contributed by atoms with Crippen LogP contribution in [0.25, 0.3) is 0 Å². The first-order valence-corrected chi connectivity index (χ1v) is 8.27. The van der Waals surface area contributed by atoms with Gasteiger partial charge in [0.1, 0.15) is 11.1 Å².